The highest BCUT2D eigenvalue weighted by Crippen LogP contribution is 2.49. The summed E-state index contributed by atoms with van der Waals surface area (Å²) < 4.78 is 103. The predicted octanol–water partition coefficient (Wildman–Crippen LogP) is 13.7. The van der Waals surface area contributed by atoms with Gasteiger partial charge in [0.25, 0.3) is 11.8 Å². The summed E-state index contributed by atoms with van der Waals surface area (Å²) in [7, 11) is 1.43. The molecule has 1 saturated heterocycles. The van der Waals surface area contributed by atoms with E-state index in [0.717, 1.165) is 11.1 Å². The number of nitrogens with one attached hydrogen (secondary N) is 2. The van der Waals surface area contributed by atoms with Crippen LogP contribution in [-0.2, 0) is 6.18 Å². The lowest BCUT2D eigenvalue weighted by Crippen LogP contribution is -2.30. The molecule has 4 aromatic rings. The van der Waals surface area contributed by atoms with Crippen molar-refractivity contribution >= 4 is 64.1 Å². The van der Waals surface area contributed by atoms with E-state index in [1.54, 1.807) is 42.3 Å². The second-order valence-electron chi connectivity index (χ2n) is 15.8. The van der Waals surface area contributed by atoms with Gasteiger partial charge in [-0.3, -0.25) is 9.59 Å². The molecule has 2 aliphatic carbocycles. The lowest BCUT2D eigenvalue weighted by atomic mass is 9.84. The number of aromatic nitrogens is 3. The number of alkyl halides is 7. The highest BCUT2D eigenvalue weighted by molar-refractivity contribution is 7.98. The van der Waals surface area contributed by atoms with Gasteiger partial charge in [-0.25, -0.2) is 27.5 Å². The van der Waals surface area contributed by atoms with Crippen molar-refractivity contribution in [3.05, 3.63) is 87.2 Å². The smallest absolute Gasteiger partial charge is 0.416 e. The summed E-state index contributed by atoms with van der Waals surface area (Å²) in [5.41, 5.74) is 1.43. The first-order valence-corrected chi connectivity index (χ1v) is 24.3. The fourth-order valence-corrected chi connectivity index (χ4v) is 8.90. The number of benzene rings is 1. The number of methoxy groups -OCH3 is 1. The molecule has 2 amide bonds. The summed E-state index contributed by atoms with van der Waals surface area (Å²) in [6.07, 6.45) is 3.56. The van der Waals surface area contributed by atoms with E-state index in [4.69, 9.17) is 16.3 Å². The van der Waals surface area contributed by atoms with E-state index in [2.05, 4.69) is 25.6 Å². The average molecular weight is 972 g/mol. The van der Waals surface area contributed by atoms with Gasteiger partial charge in [-0.2, -0.15) is 18.2 Å². The molecule has 1 aliphatic heterocycles. The van der Waals surface area contributed by atoms with Crippen molar-refractivity contribution in [2.45, 2.75) is 125 Å². The Balaban J connectivity index is 0.000000236. The van der Waals surface area contributed by atoms with Crippen LogP contribution in [0, 0.1) is 6.92 Å². The van der Waals surface area contributed by atoms with Crippen LogP contribution in [0.3, 0.4) is 0 Å². The molecule has 354 valence electrons. The van der Waals surface area contributed by atoms with E-state index in [1.165, 1.54) is 42.9 Å². The number of hydrogen-bond acceptors (Lipinski definition) is 9. The first-order chi connectivity index (χ1) is 30.8. The van der Waals surface area contributed by atoms with Crippen LogP contribution in [0.4, 0.5) is 47.9 Å². The van der Waals surface area contributed by atoms with Gasteiger partial charge in [-0.15, -0.1) is 23.5 Å². The number of halogens is 8. The average Bonchev–Trinajstić information content (AvgIpc) is 4.15. The third-order valence-electron chi connectivity index (χ3n) is 11.3. The Morgan fingerprint density at radius 1 is 0.785 bits per heavy atom. The highest BCUT2D eigenvalue weighted by atomic mass is 35.5. The number of carbonyl (C=O) groups excluding carboxylic acids is 2. The van der Waals surface area contributed by atoms with Gasteiger partial charge in [0.05, 0.1) is 28.3 Å². The Kier molecular flexibility index (Phi) is 17.9. The molecule has 2 saturated carbocycles. The molecule has 3 aromatic heterocycles. The number of anilines is 3. The molecule has 0 bridgehead atoms. The van der Waals surface area contributed by atoms with E-state index in [0.29, 0.717) is 65.6 Å². The van der Waals surface area contributed by atoms with Crippen LogP contribution in [0.5, 0.6) is 5.88 Å². The third-order valence-corrected chi connectivity index (χ3v) is 13.1. The van der Waals surface area contributed by atoms with Gasteiger partial charge in [-0.05, 0) is 117 Å². The van der Waals surface area contributed by atoms with Crippen LogP contribution in [-0.4, -0.2) is 71.3 Å². The van der Waals surface area contributed by atoms with Gasteiger partial charge in [0.15, 0.2) is 0 Å². The van der Waals surface area contributed by atoms with Crippen molar-refractivity contribution < 1.29 is 45.1 Å². The van der Waals surface area contributed by atoms with E-state index < -0.39 is 41.3 Å². The van der Waals surface area contributed by atoms with Gasteiger partial charge in [0.1, 0.15) is 10.8 Å². The van der Waals surface area contributed by atoms with Crippen molar-refractivity contribution in [1.82, 2.24) is 15.0 Å². The normalized spacial score (nSPS) is 18.1. The molecule has 0 spiro atoms. The van der Waals surface area contributed by atoms with Gasteiger partial charge < -0.3 is 20.3 Å². The van der Waals surface area contributed by atoms with Gasteiger partial charge >= 0.3 is 6.18 Å². The monoisotopic (exact) mass is 970 g/mol. The van der Waals surface area contributed by atoms with E-state index in [9.17, 15) is 40.3 Å². The van der Waals surface area contributed by atoms with Crippen molar-refractivity contribution in [3.8, 4) is 5.88 Å². The highest BCUT2D eigenvalue weighted by Gasteiger charge is 2.41. The molecule has 0 radical (unpaired) electrons. The lowest BCUT2D eigenvalue weighted by molar-refractivity contribution is -0.138. The maximum Gasteiger partial charge on any atom is 0.416 e. The summed E-state index contributed by atoms with van der Waals surface area (Å²) in [6.45, 7) is 6.13. The fraction of sp³-hybridized carbons (Fsp3) is 0.500. The number of rotatable bonds is 10. The predicted molar refractivity (Wildman–Crippen MR) is 245 cm³/mol. The molecule has 4 heterocycles. The number of nitrogens with zero attached hydrogens (tertiary/aromatic N) is 4. The maximum atomic E-state index is 14.0. The minimum atomic E-state index is -4.61. The molecule has 7 rings (SSSR count). The van der Waals surface area contributed by atoms with Crippen LogP contribution in [0.2, 0.25) is 5.02 Å². The molecule has 19 heteroatoms. The first kappa shape index (κ1) is 51.7. The summed E-state index contributed by atoms with van der Waals surface area (Å²) in [5, 5.41) is 7.14. The second kappa shape index (κ2) is 22.5. The number of hydrogen-bond donors (Lipinski definition) is 2. The molecule has 65 heavy (non-hydrogen) atoms. The number of thioether (sulfide) groups is 2. The number of pyridine rings is 3. The van der Waals surface area contributed by atoms with Crippen LogP contribution in [0.1, 0.15) is 133 Å². The Bertz CT molecular complexity index is 2300. The van der Waals surface area contributed by atoms with Crippen LogP contribution >= 0.6 is 35.1 Å². The Morgan fingerprint density at radius 3 is 1.92 bits per heavy atom. The lowest BCUT2D eigenvalue weighted by Gasteiger charge is -2.26. The summed E-state index contributed by atoms with van der Waals surface area (Å²) >= 11 is 9.18. The molecule has 1 unspecified atom stereocenters. The standard InChI is InChI=1S/C24H25F5N2OS.C20H23ClF2N4O2S.C2H6/c1-33-21-11-16(7-10-30-21)31-22(32)19-13-20(24(27,28)29)18(15-4-5-15)12-17(19)14-3-2-8-23(25,26)9-6-14;1-12-15(18(28)25-13-5-8-24-14(11-13)30-3)17(26-19(29-2)16(12)21)27-9-4-6-20(22,23)7-10-27;1-2/h7,10-15H,2-6,8-9H2,1H3,(H,30,31,32);5,8,11H,4,6-7,9-10H2,1-3H3,(H,24,25,28);1-2H3. The zero-order chi connectivity index (χ0) is 47.7. The topological polar surface area (TPSA) is 109 Å². The van der Waals surface area contributed by atoms with Crippen LogP contribution in [0.15, 0.2) is 58.8 Å². The minimum Gasteiger partial charge on any atom is -0.480 e. The Labute approximate surface area is 388 Å². The van der Waals surface area contributed by atoms with Gasteiger partial charge in [0.2, 0.25) is 17.7 Å². The van der Waals surface area contributed by atoms with Crippen molar-refractivity contribution in [1.29, 1.82) is 0 Å². The zero-order valence-corrected chi connectivity index (χ0v) is 39.5. The maximum absolute atomic E-state index is 14.0. The first-order valence-electron chi connectivity index (χ1n) is 21.5. The SMILES string of the molecule is CC.COc1nc(N2CCCC(F)(F)CC2)c(C(=O)Nc2ccnc(SC)c2)c(C)c1Cl.CSc1cc(NC(=O)c2cc(C(F)(F)F)c(C3CC3)cc2C2CCCC(F)(F)CC2)ccn1. The fourth-order valence-electron chi connectivity index (χ4n) is 7.86. The minimum absolute atomic E-state index is 0.0797. The quantitative estimate of drug-likeness (QED) is 0.0912. The molecule has 9 nitrogen and oxygen atoms in total. The summed E-state index contributed by atoms with van der Waals surface area (Å²) in [5.74, 6) is -6.75. The number of ether oxygens (including phenoxy) is 1. The zero-order valence-electron chi connectivity index (χ0n) is 37.1. The summed E-state index contributed by atoms with van der Waals surface area (Å²) in [4.78, 5) is 40.9. The second-order valence-corrected chi connectivity index (χ2v) is 17.9. The van der Waals surface area contributed by atoms with Gasteiger partial charge in [0, 0.05) is 68.1 Å². The molecular formula is C46H54ClF7N6O3S2. The molecule has 3 fully saturated rings. The van der Waals surface area contributed by atoms with Crippen LogP contribution < -0.4 is 20.3 Å². The largest absolute Gasteiger partial charge is 0.480 e. The third kappa shape index (κ3) is 13.6. The van der Waals surface area contributed by atoms with E-state index >= 15 is 0 Å². The molecular weight excluding hydrogens is 917 g/mol. The van der Waals surface area contributed by atoms with Gasteiger partial charge in [-0.1, -0.05) is 31.5 Å². The van der Waals surface area contributed by atoms with E-state index in [1.807, 2.05) is 26.4 Å². The van der Waals surface area contributed by atoms with E-state index in [-0.39, 0.29) is 78.6 Å². The molecule has 1 aromatic carbocycles. The number of amides is 2. The Morgan fingerprint density at radius 2 is 1.35 bits per heavy atom. The molecule has 2 N–H and O–H groups in total. The Hall–Kier alpha value is -4.29. The van der Waals surface area contributed by atoms with Crippen molar-refractivity contribution in [2.75, 3.05) is 48.2 Å². The summed E-state index contributed by atoms with van der Waals surface area (Å²) in [6, 6.07) is 9.03. The number of carbonyl (C=O) groups is 2. The van der Waals surface area contributed by atoms with Crippen molar-refractivity contribution in [2.24, 2.45) is 0 Å². The van der Waals surface area contributed by atoms with Crippen molar-refractivity contribution in [3.63, 3.8) is 0 Å². The van der Waals surface area contributed by atoms with Crippen LogP contribution in [0.25, 0.3) is 0 Å². The molecule has 1 atom stereocenters. The molecule has 3 aliphatic rings.